The summed E-state index contributed by atoms with van der Waals surface area (Å²) in [6.07, 6.45) is 0. The number of anilines is 1. The first-order valence-electron chi connectivity index (χ1n) is 11.4. The topological polar surface area (TPSA) is 98.0 Å². The predicted molar refractivity (Wildman–Crippen MR) is 146 cm³/mol. The molecule has 0 saturated carbocycles. The molecule has 2 aromatic carbocycles. The number of amides is 1. The van der Waals surface area contributed by atoms with Crippen molar-refractivity contribution in [2.24, 2.45) is 0 Å². The Morgan fingerprint density at radius 3 is 2.44 bits per heavy atom. The molecule has 0 spiro atoms. The minimum atomic E-state index is -0.427. The van der Waals surface area contributed by atoms with E-state index in [1.165, 1.54) is 34.8 Å². The van der Waals surface area contributed by atoms with Crippen molar-refractivity contribution < 1.29 is 19.2 Å². The molecule has 0 radical (unpaired) electrons. The van der Waals surface area contributed by atoms with Crippen LogP contribution in [0.4, 0.5) is 10.8 Å². The zero-order valence-electron chi connectivity index (χ0n) is 19.8. The van der Waals surface area contributed by atoms with Crippen LogP contribution in [0.1, 0.15) is 23.5 Å². The Hall–Kier alpha value is -2.99. The summed E-state index contributed by atoms with van der Waals surface area (Å²) in [5, 5.41) is 12.5. The van der Waals surface area contributed by atoms with Crippen molar-refractivity contribution in [2.75, 3.05) is 44.3 Å². The van der Waals surface area contributed by atoms with Gasteiger partial charge in [-0.3, -0.25) is 19.8 Å². The lowest BCUT2D eigenvalue weighted by molar-refractivity contribution is -0.384. The van der Waals surface area contributed by atoms with Gasteiger partial charge < -0.3 is 14.4 Å². The number of carbonyl (C=O) groups is 1. The molecular formula is C24H25ClN4O5S2. The number of ether oxygens (including phenoxy) is 2. The van der Waals surface area contributed by atoms with E-state index in [4.69, 9.17) is 14.5 Å². The van der Waals surface area contributed by atoms with E-state index in [0.717, 1.165) is 28.0 Å². The third-order valence-corrected chi connectivity index (χ3v) is 8.12. The summed E-state index contributed by atoms with van der Waals surface area (Å²) in [5.41, 5.74) is 0.758. The number of aromatic nitrogens is 1. The zero-order valence-corrected chi connectivity index (χ0v) is 22.2. The van der Waals surface area contributed by atoms with Gasteiger partial charge in [-0.1, -0.05) is 25.2 Å². The van der Waals surface area contributed by atoms with Gasteiger partial charge in [0.1, 0.15) is 13.2 Å². The van der Waals surface area contributed by atoms with E-state index in [0.29, 0.717) is 53.2 Å². The number of halogens is 1. The first-order valence-corrected chi connectivity index (χ1v) is 13.0. The SMILES string of the molecule is CCN(CC)CCN(C(=O)c1cc2cc([N+](=O)[O-])ccc2s1)c1nc2cc3c(cc2s1)OCCO3.Cl. The summed E-state index contributed by atoms with van der Waals surface area (Å²) in [4.78, 5) is 33.8. The number of hydrogen-bond donors (Lipinski definition) is 0. The summed E-state index contributed by atoms with van der Waals surface area (Å²) >= 11 is 2.77. The third kappa shape index (κ3) is 5.10. The number of thiophene rings is 1. The molecule has 9 nitrogen and oxygen atoms in total. The molecule has 1 aliphatic rings. The molecule has 1 amide bonds. The molecule has 0 fully saturated rings. The van der Waals surface area contributed by atoms with Gasteiger partial charge in [-0.2, -0.15) is 0 Å². The van der Waals surface area contributed by atoms with Crippen LogP contribution in [0.15, 0.2) is 36.4 Å². The Labute approximate surface area is 221 Å². The number of fused-ring (bicyclic) bond motifs is 3. The highest BCUT2D eigenvalue weighted by molar-refractivity contribution is 7.23. The van der Waals surface area contributed by atoms with Crippen molar-refractivity contribution in [3.05, 3.63) is 51.4 Å². The molecule has 3 heterocycles. The molecule has 5 rings (SSSR count). The van der Waals surface area contributed by atoms with Crippen LogP contribution in [-0.2, 0) is 0 Å². The molecule has 190 valence electrons. The minimum absolute atomic E-state index is 0. The predicted octanol–water partition coefficient (Wildman–Crippen LogP) is 5.60. The van der Waals surface area contributed by atoms with E-state index >= 15 is 0 Å². The number of rotatable bonds is 8. The highest BCUT2D eigenvalue weighted by Gasteiger charge is 2.25. The number of non-ortho nitro benzene ring substituents is 1. The zero-order chi connectivity index (χ0) is 24.5. The fourth-order valence-electron chi connectivity index (χ4n) is 4.02. The number of nitrogens with zero attached hydrogens (tertiary/aromatic N) is 4. The molecular weight excluding hydrogens is 524 g/mol. The van der Waals surface area contributed by atoms with Crippen molar-refractivity contribution in [3.8, 4) is 11.5 Å². The number of carbonyl (C=O) groups excluding carboxylic acids is 1. The lowest BCUT2D eigenvalue weighted by Crippen LogP contribution is -2.38. The second-order valence-electron chi connectivity index (χ2n) is 8.03. The van der Waals surface area contributed by atoms with Gasteiger partial charge in [-0.15, -0.1) is 23.7 Å². The first-order chi connectivity index (χ1) is 17.0. The Bertz CT molecular complexity index is 1380. The monoisotopic (exact) mass is 548 g/mol. The summed E-state index contributed by atoms with van der Waals surface area (Å²) in [7, 11) is 0. The van der Waals surface area contributed by atoms with Gasteiger partial charge in [0.25, 0.3) is 11.6 Å². The molecule has 36 heavy (non-hydrogen) atoms. The molecule has 1 aliphatic heterocycles. The summed E-state index contributed by atoms with van der Waals surface area (Å²) in [6, 6.07) is 10.2. The molecule has 2 aromatic heterocycles. The second-order valence-corrected chi connectivity index (χ2v) is 10.1. The van der Waals surface area contributed by atoms with Crippen LogP contribution in [0.25, 0.3) is 20.3 Å². The van der Waals surface area contributed by atoms with Gasteiger partial charge in [0, 0.05) is 47.4 Å². The Morgan fingerprint density at radius 1 is 1.03 bits per heavy atom. The Kier molecular flexibility index (Phi) is 7.94. The van der Waals surface area contributed by atoms with Crippen molar-refractivity contribution in [2.45, 2.75) is 13.8 Å². The maximum atomic E-state index is 13.8. The summed E-state index contributed by atoms with van der Waals surface area (Å²) in [6.45, 7) is 8.12. The Balaban J connectivity index is 0.00000304. The number of benzene rings is 2. The van der Waals surface area contributed by atoms with E-state index in [9.17, 15) is 14.9 Å². The van der Waals surface area contributed by atoms with Crippen molar-refractivity contribution in [1.82, 2.24) is 9.88 Å². The second kappa shape index (κ2) is 11.0. The van der Waals surface area contributed by atoms with Gasteiger partial charge >= 0.3 is 0 Å². The lowest BCUT2D eigenvalue weighted by atomic mass is 10.2. The molecule has 0 atom stereocenters. The van der Waals surface area contributed by atoms with E-state index in [-0.39, 0.29) is 24.0 Å². The number of likely N-dealkylation sites (N-methyl/N-ethyl adjacent to an activating group) is 1. The van der Waals surface area contributed by atoms with Crippen LogP contribution in [0.3, 0.4) is 0 Å². The smallest absolute Gasteiger partial charge is 0.270 e. The Morgan fingerprint density at radius 2 is 1.75 bits per heavy atom. The van der Waals surface area contributed by atoms with Crippen molar-refractivity contribution in [3.63, 3.8) is 0 Å². The molecule has 0 saturated heterocycles. The van der Waals surface area contributed by atoms with Crippen molar-refractivity contribution >= 4 is 72.1 Å². The normalized spacial score (nSPS) is 12.6. The number of nitro groups is 1. The molecule has 4 aromatic rings. The van der Waals surface area contributed by atoms with Crippen LogP contribution < -0.4 is 14.4 Å². The van der Waals surface area contributed by atoms with Crippen LogP contribution in [0.5, 0.6) is 11.5 Å². The quantitative estimate of drug-likeness (QED) is 0.209. The first kappa shape index (κ1) is 26.1. The van der Waals surface area contributed by atoms with Gasteiger partial charge in [-0.05, 0) is 25.2 Å². The minimum Gasteiger partial charge on any atom is -0.486 e. The number of nitro benzene ring substituents is 1. The summed E-state index contributed by atoms with van der Waals surface area (Å²) in [5.74, 6) is 1.18. The van der Waals surface area contributed by atoms with Gasteiger partial charge in [0.2, 0.25) is 0 Å². The van der Waals surface area contributed by atoms with E-state index in [2.05, 4.69) is 18.7 Å². The third-order valence-electron chi connectivity index (χ3n) is 5.97. The summed E-state index contributed by atoms with van der Waals surface area (Å²) < 4.78 is 13.1. The average Bonchev–Trinajstić information content (AvgIpc) is 3.48. The maximum Gasteiger partial charge on any atom is 0.270 e. The maximum absolute atomic E-state index is 13.8. The van der Waals surface area contributed by atoms with Crippen LogP contribution in [0, 0.1) is 10.1 Å². The molecule has 0 aliphatic carbocycles. The standard InChI is InChI=1S/C24H24N4O5S2.ClH/c1-3-26(4-2)7-8-27(23(29)22-12-15-11-16(28(30)31)5-6-20(15)34-22)24-25-17-13-18-19(14-21(17)35-24)33-10-9-32-18;/h5-6,11-14H,3-4,7-10H2,1-2H3;1H. The number of thiazole rings is 1. The molecule has 12 heteroatoms. The van der Waals surface area contributed by atoms with E-state index < -0.39 is 4.92 Å². The lowest BCUT2D eigenvalue weighted by Gasteiger charge is -2.24. The van der Waals surface area contributed by atoms with Crippen LogP contribution in [0.2, 0.25) is 0 Å². The van der Waals surface area contributed by atoms with Crippen LogP contribution >= 0.6 is 35.1 Å². The number of hydrogen-bond acceptors (Lipinski definition) is 9. The van der Waals surface area contributed by atoms with Gasteiger partial charge in [0.05, 0.1) is 20.0 Å². The molecule has 0 unspecified atom stereocenters. The highest BCUT2D eigenvalue weighted by atomic mass is 35.5. The van der Waals surface area contributed by atoms with Gasteiger partial charge in [-0.25, -0.2) is 4.98 Å². The van der Waals surface area contributed by atoms with E-state index in [1.54, 1.807) is 17.0 Å². The molecule has 0 bridgehead atoms. The fourth-order valence-corrected chi connectivity index (χ4v) is 6.01. The fraction of sp³-hybridized carbons (Fsp3) is 0.333. The van der Waals surface area contributed by atoms with Crippen molar-refractivity contribution in [1.29, 1.82) is 0 Å². The highest BCUT2D eigenvalue weighted by Crippen LogP contribution is 2.39. The van der Waals surface area contributed by atoms with Crippen LogP contribution in [-0.4, -0.2) is 60.1 Å². The average molecular weight is 549 g/mol. The largest absolute Gasteiger partial charge is 0.486 e. The van der Waals surface area contributed by atoms with E-state index in [1.807, 2.05) is 12.1 Å². The van der Waals surface area contributed by atoms with Gasteiger partial charge in [0.15, 0.2) is 16.6 Å². The molecule has 0 N–H and O–H groups in total.